The van der Waals surface area contributed by atoms with Gasteiger partial charge in [0, 0.05) is 30.2 Å². The fraction of sp³-hybridized carbons (Fsp3) is 0.280. The number of hydrogen-bond acceptors (Lipinski definition) is 2. The predicted octanol–water partition coefficient (Wildman–Crippen LogP) is 6.48. The highest BCUT2D eigenvalue weighted by atomic mass is 35.5. The molecule has 2 nitrogen and oxygen atoms in total. The Labute approximate surface area is 173 Å². The standard InChI is InChI=1S/C25H27ClN2/c1-19(21-9-5-3-6-10-21)27-17-18-28(20(2)22-11-7-4-8-12-22)25(27)23-13-15-24(26)16-14-23/h3-16,19-20,25H,17-18H2,1-2H3/t19-,20-/m1/s1. The van der Waals surface area contributed by atoms with Gasteiger partial charge in [-0.3, -0.25) is 9.80 Å². The summed E-state index contributed by atoms with van der Waals surface area (Å²) in [5, 5.41) is 0.784. The van der Waals surface area contributed by atoms with Gasteiger partial charge in [0.15, 0.2) is 0 Å². The van der Waals surface area contributed by atoms with Crippen molar-refractivity contribution in [2.45, 2.75) is 32.1 Å². The molecule has 1 aliphatic heterocycles. The monoisotopic (exact) mass is 390 g/mol. The van der Waals surface area contributed by atoms with E-state index in [4.69, 9.17) is 11.6 Å². The molecule has 1 fully saturated rings. The van der Waals surface area contributed by atoms with Gasteiger partial charge in [0.05, 0.1) is 6.17 Å². The van der Waals surface area contributed by atoms with Gasteiger partial charge >= 0.3 is 0 Å². The molecule has 0 amide bonds. The molecule has 0 aliphatic carbocycles. The maximum absolute atomic E-state index is 6.18. The Morgan fingerprint density at radius 1 is 0.679 bits per heavy atom. The van der Waals surface area contributed by atoms with Gasteiger partial charge in [-0.1, -0.05) is 84.4 Å². The second-order valence-corrected chi connectivity index (χ2v) is 8.01. The molecule has 3 aromatic carbocycles. The Balaban J connectivity index is 1.69. The molecule has 3 aromatic rings. The van der Waals surface area contributed by atoms with Crippen LogP contribution < -0.4 is 0 Å². The van der Waals surface area contributed by atoms with Crippen molar-refractivity contribution in [3.05, 3.63) is 107 Å². The Kier molecular flexibility index (Phi) is 5.82. The number of nitrogens with zero attached hydrogens (tertiary/aromatic N) is 2. The highest BCUT2D eigenvalue weighted by Gasteiger charge is 2.38. The molecule has 3 heteroatoms. The van der Waals surface area contributed by atoms with Crippen LogP contribution in [0.5, 0.6) is 0 Å². The van der Waals surface area contributed by atoms with Gasteiger partial charge in [-0.15, -0.1) is 0 Å². The Hall–Kier alpha value is -2.13. The van der Waals surface area contributed by atoms with Gasteiger partial charge in [0.1, 0.15) is 0 Å². The fourth-order valence-corrected chi connectivity index (χ4v) is 4.47. The summed E-state index contributed by atoms with van der Waals surface area (Å²) in [6.07, 6.45) is 0.225. The number of halogens is 1. The van der Waals surface area contributed by atoms with E-state index in [1.54, 1.807) is 0 Å². The molecule has 2 atom stereocenters. The lowest BCUT2D eigenvalue weighted by Gasteiger charge is -2.37. The highest BCUT2D eigenvalue weighted by molar-refractivity contribution is 6.30. The van der Waals surface area contributed by atoms with E-state index in [9.17, 15) is 0 Å². The van der Waals surface area contributed by atoms with Crippen LogP contribution in [0.1, 0.15) is 48.8 Å². The summed E-state index contributed by atoms with van der Waals surface area (Å²) in [5.74, 6) is 0. The second-order valence-electron chi connectivity index (χ2n) is 7.57. The third-order valence-corrected chi connectivity index (χ3v) is 6.22. The Bertz CT molecular complexity index is 826. The summed E-state index contributed by atoms with van der Waals surface area (Å²) >= 11 is 6.18. The van der Waals surface area contributed by atoms with Crippen LogP contribution in [0.3, 0.4) is 0 Å². The summed E-state index contributed by atoms with van der Waals surface area (Å²) < 4.78 is 0. The SMILES string of the molecule is C[C@H](c1ccccc1)N1CCN([C@H](C)c2ccccc2)C1c1ccc(Cl)cc1. The zero-order valence-corrected chi connectivity index (χ0v) is 17.3. The van der Waals surface area contributed by atoms with E-state index in [1.807, 2.05) is 12.1 Å². The van der Waals surface area contributed by atoms with E-state index in [2.05, 4.69) is 96.4 Å². The van der Waals surface area contributed by atoms with E-state index < -0.39 is 0 Å². The number of hydrogen-bond donors (Lipinski definition) is 0. The number of rotatable bonds is 5. The molecule has 1 aliphatic rings. The maximum Gasteiger partial charge on any atom is 0.0897 e. The minimum absolute atomic E-state index is 0.225. The molecule has 1 saturated heterocycles. The van der Waals surface area contributed by atoms with Crippen molar-refractivity contribution < 1.29 is 0 Å². The minimum atomic E-state index is 0.225. The minimum Gasteiger partial charge on any atom is -0.276 e. The van der Waals surface area contributed by atoms with Crippen LogP contribution in [-0.4, -0.2) is 22.9 Å². The quantitative estimate of drug-likeness (QED) is 0.492. The molecule has 0 spiro atoms. The Morgan fingerprint density at radius 3 is 1.54 bits per heavy atom. The summed E-state index contributed by atoms with van der Waals surface area (Å²) in [4.78, 5) is 5.22. The molecule has 0 radical (unpaired) electrons. The van der Waals surface area contributed by atoms with Crippen molar-refractivity contribution in [2.75, 3.05) is 13.1 Å². The van der Waals surface area contributed by atoms with Crippen LogP contribution in [0, 0.1) is 0 Å². The lowest BCUT2D eigenvalue weighted by atomic mass is 10.0. The van der Waals surface area contributed by atoms with Crippen molar-refractivity contribution in [1.29, 1.82) is 0 Å². The maximum atomic E-state index is 6.18. The average Bonchev–Trinajstić information content (AvgIpc) is 3.19. The van der Waals surface area contributed by atoms with E-state index in [0.29, 0.717) is 12.1 Å². The lowest BCUT2D eigenvalue weighted by Crippen LogP contribution is -2.34. The first-order valence-corrected chi connectivity index (χ1v) is 10.4. The first-order chi connectivity index (χ1) is 13.6. The highest BCUT2D eigenvalue weighted by Crippen LogP contribution is 2.41. The smallest absolute Gasteiger partial charge is 0.0897 e. The van der Waals surface area contributed by atoms with Crippen LogP contribution in [0.2, 0.25) is 5.02 Å². The lowest BCUT2D eigenvalue weighted by molar-refractivity contribution is 0.0783. The van der Waals surface area contributed by atoms with E-state index in [1.165, 1.54) is 16.7 Å². The van der Waals surface area contributed by atoms with E-state index >= 15 is 0 Å². The Morgan fingerprint density at radius 2 is 1.11 bits per heavy atom. The molecule has 144 valence electrons. The van der Waals surface area contributed by atoms with Crippen molar-refractivity contribution in [3.8, 4) is 0 Å². The van der Waals surface area contributed by atoms with Gasteiger partial charge in [-0.25, -0.2) is 0 Å². The van der Waals surface area contributed by atoms with Crippen molar-refractivity contribution in [2.24, 2.45) is 0 Å². The molecule has 0 unspecified atom stereocenters. The van der Waals surface area contributed by atoms with E-state index in [0.717, 1.165) is 18.1 Å². The molecule has 0 saturated carbocycles. The molecule has 0 bridgehead atoms. The molecule has 28 heavy (non-hydrogen) atoms. The van der Waals surface area contributed by atoms with Gasteiger partial charge in [-0.2, -0.15) is 0 Å². The van der Waals surface area contributed by atoms with Gasteiger partial charge in [-0.05, 0) is 42.7 Å². The van der Waals surface area contributed by atoms with Crippen molar-refractivity contribution in [3.63, 3.8) is 0 Å². The van der Waals surface area contributed by atoms with Crippen molar-refractivity contribution >= 4 is 11.6 Å². The third-order valence-electron chi connectivity index (χ3n) is 5.97. The zero-order valence-electron chi connectivity index (χ0n) is 16.5. The van der Waals surface area contributed by atoms with Crippen LogP contribution >= 0.6 is 11.6 Å². The first kappa shape index (κ1) is 19.2. The van der Waals surface area contributed by atoms with Crippen LogP contribution in [0.4, 0.5) is 0 Å². The van der Waals surface area contributed by atoms with Crippen molar-refractivity contribution in [1.82, 2.24) is 9.80 Å². The van der Waals surface area contributed by atoms with Gasteiger partial charge in [0.25, 0.3) is 0 Å². The van der Waals surface area contributed by atoms with Gasteiger partial charge in [0.2, 0.25) is 0 Å². The summed E-state index contributed by atoms with van der Waals surface area (Å²) in [7, 11) is 0. The normalized spacial score (nSPS) is 18.2. The molecule has 0 aromatic heterocycles. The topological polar surface area (TPSA) is 6.48 Å². The molecular formula is C25H27ClN2. The average molecular weight is 391 g/mol. The fourth-order valence-electron chi connectivity index (χ4n) is 4.34. The van der Waals surface area contributed by atoms with Crippen LogP contribution in [-0.2, 0) is 0 Å². The van der Waals surface area contributed by atoms with Crippen LogP contribution in [0.25, 0.3) is 0 Å². The molecule has 4 rings (SSSR count). The second kappa shape index (κ2) is 8.48. The predicted molar refractivity (Wildman–Crippen MR) is 117 cm³/mol. The van der Waals surface area contributed by atoms with Gasteiger partial charge < -0.3 is 0 Å². The molecular weight excluding hydrogens is 364 g/mol. The molecule has 0 N–H and O–H groups in total. The summed E-state index contributed by atoms with van der Waals surface area (Å²) in [6, 6.07) is 30.6. The summed E-state index contributed by atoms with van der Waals surface area (Å²) in [5.41, 5.74) is 4.01. The summed E-state index contributed by atoms with van der Waals surface area (Å²) in [6.45, 7) is 6.71. The van der Waals surface area contributed by atoms with Crippen LogP contribution in [0.15, 0.2) is 84.9 Å². The largest absolute Gasteiger partial charge is 0.276 e. The number of benzene rings is 3. The van der Waals surface area contributed by atoms with E-state index in [-0.39, 0.29) is 6.17 Å². The first-order valence-electron chi connectivity index (χ1n) is 10.0. The zero-order chi connectivity index (χ0) is 19.5. The third kappa shape index (κ3) is 3.86. The molecule has 1 heterocycles.